The van der Waals surface area contributed by atoms with E-state index in [1.165, 1.54) is 30.2 Å². The lowest BCUT2D eigenvalue weighted by Gasteiger charge is -2.26. The fourth-order valence-corrected chi connectivity index (χ4v) is 4.53. The first-order chi connectivity index (χ1) is 14.9. The predicted octanol–water partition coefficient (Wildman–Crippen LogP) is 5.39. The summed E-state index contributed by atoms with van der Waals surface area (Å²) in [5.74, 6) is -0.343. The molecule has 4 rings (SSSR count). The highest BCUT2D eigenvalue weighted by atomic mass is 19.1. The van der Waals surface area contributed by atoms with E-state index < -0.39 is 0 Å². The first-order valence-electron chi connectivity index (χ1n) is 10.8. The van der Waals surface area contributed by atoms with Crippen LogP contribution in [0.15, 0.2) is 54.6 Å². The molecular formula is C26H27FN2O2. The maximum absolute atomic E-state index is 13.4. The number of carbonyl (C=O) groups excluding carboxylic acids is 2. The number of hydrogen-bond acceptors (Lipinski definition) is 2. The lowest BCUT2D eigenvalue weighted by Crippen LogP contribution is -2.31. The van der Waals surface area contributed by atoms with Gasteiger partial charge in [-0.3, -0.25) is 9.59 Å². The molecule has 31 heavy (non-hydrogen) atoms. The van der Waals surface area contributed by atoms with Crippen molar-refractivity contribution in [1.29, 1.82) is 0 Å². The minimum atomic E-state index is -0.308. The van der Waals surface area contributed by atoms with Crippen LogP contribution in [0.25, 0.3) is 11.3 Å². The first-order valence-corrected chi connectivity index (χ1v) is 10.8. The molecule has 1 aliphatic rings. The minimum absolute atomic E-state index is 0.00997. The number of nitrogens with zero attached hydrogens (tertiary/aromatic N) is 1. The quantitative estimate of drug-likeness (QED) is 0.546. The molecule has 3 aromatic rings. The van der Waals surface area contributed by atoms with Gasteiger partial charge in [0.15, 0.2) is 5.78 Å². The maximum atomic E-state index is 13.4. The van der Waals surface area contributed by atoms with Gasteiger partial charge < -0.3 is 9.88 Å². The van der Waals surface area contributed by atoms with Crippen molar-refractivity contribution in [1.82, 2.24) is 9.88 Å². The molecule has 0 aliphatic heterocycles. The number of carbonyl (C=O) groups is 2. The SMILES string of the molecule is CC(=O)c1cc(-c2ccc(F)cc2)n(CCC(=O)N[C@H]2CCCc3ccccc32)c1C. The molecule has 4 nitrogen and oxygen atoms in total. The van der Waals surface area contributed by atoms with Crippen molar-refractivity contribution in [3.63, 3.8) is 0 Å². The average Bonchev–Trinajstić information content (AvgIpc) is 3.09. The van der Waals surface area contributed by atoms with Crippen LogP contribution in [0.1, 0.15) is 59.4 Å². The molecule has 1 amide bonds. The molecule has 0 fully saturated rings. The number of aromatic nitrogens is 1. The number of hydrogen-bond donors (Lipinski definition) is 1. The van der Waals surface area contributed by atoms with Crippen molar-refractivity contribution in [3.8, 4) is 11.3 Å². The highest BCUT2D eigenvalue weighted by Gasteiger charge is 2.22. The Labute approximate surface area is 182 Å². The van der Waals surface area contributed by atoms with E-state index in [4.69, 9.17) is 0 Å². The molecule has 0 bridgehead atoms. The van der Waals surface area contributed by atoms with Crippen LogP contribution < -0.4 is 5.32 Å². The number of rotatable bonds is 6. The Morgan fingerprint density at radius 3 is 2.61 bits per heavy atom. The fraction of sp³-hybridized carbons (Fsp3) is 0.308. The Bertz CT molecular complexity index is 1110. The summed E-state index contributed by atoms with van der Waals surface area (Å²) >= 11 is 0. The lowest BCUT2D eigenvalue weighted by atomic mass is 9.87. The molecule has 0 saturated carbocycles. The van der Waals surface area contributed by atoms with Gasteiger partial charge in [0.2, 0.25) is 5.91 Å². The Morgan fingerprint density at radius 2 is 1.87 bits per heavy atom. The molecule has 1 heterocycles. The number of nitrogens with one attached hydrogen (secondary N) is 1. The van der Waals surface area contributed by atoms with Crippen LogP contribution >= 0.6 is 0 Å². The highest BCUT2D eigenvalue weighted by molar-refractivity contribution is 5.96. The number of amides is 1. The van der Waals surface area contributed by atoms with Crippen LogP contribution in [0.4, 0.5) is 4.39 Å². The summed E-state index contributed by atoms with van der Waals surface area (Å²) in [5.41, 5.74) is 5.61. The van der Waals surface area contributed by atoms with Gasteiger partial charge in [0, 0.05) is 29.9 Å². The van der Waals surface area contributed by atoms with Crippen molar-refractivity contribution in [3.05, 3.63) is 82.8 Å². The van der Waals surface area contributed by atoms with Crippen LogP contribution in [0.3, 0.4) is 0 Å². The summed E-state index contributed by atoms with van der Waals surface area (Å²) in [6, 6.07) is 16.4. The molecule has 0 radical (unpaired) electrons. The second kappa shape index (κ2) is 8.88. The number of ketones is 1. The van der Waals surface area contributed by atoms with E-state index in [9.17, 15) is 14.0 Å². The van der Waals surface area contributed by atoms with Gasteiger partial charge >= 0.3 is 0 Å². The third-order valence-electron chi connectivity index (χ3n) is 6.15. The summed E-state index contributed by atoms with van der Waals surface area (Å²) < 4.78 is 15.4. The van der Waals surface area contributed by atoms with Gasteiger partial charge in [0.1, 0.15) is 5.82 Å². The third-order valence-corrected chi connectivity index (χ3v) is 6.15. The summed E-state index contributed by atoms with van der Waals surface area (Å²) in [6.45, 7) is 3.87. The largest absolute Gasteiger partial charge is 0.349 e. The van der Waals surface area contributed by atoms with Crippen LogP contribution in [-0.2, 0) is 17.8 Å². The zero-order valence-corrected chi connectivity index (χ0v) is 18.0. The zero-order valence-electron chi connectivity index (χ0n) is 18.0. The summed E-state index contributed by atoms with van der Waals surface area (Å²) in [4.78, 5) is 24.9. The van der Waals surface area contributed by atoms with E-state index in [0.717, 1.165) is 36.2 Å². The van der Waals surface area contributed by atoms with Crippen molar-refractivity contribution in [2.45, 2.75) is 52.1 Å². The number of halogens is 1. The molecule has 0 spiro atoms. The van der Waals surface area contributed by atoms with Crippen LogP contribution in [-0.4, -0.2) is 16.3 Å². The maximum Gasteiger partial charge on any atom is 0.222 e. The van der Waals surface area contributed by atoms with E-state index in [1.807, 2.05) is 29.7 Å². The molecule has 1 atom stereocenters. The Balaban J connectivity index is 1.52. The third kappa shape index (κ3) is 4.46. The van der Waals surface area contributed by atoms with E-state index in [1.54, 1.807) is 12.1 Å². The number of benzene rings is 2. The molecule has 160 valence electrons. The molecule has 5 heteroatoms. The lowest BCUT2D eigenvalue weighted by molar-refractivity contribution is -0.122. The molecular weight excluding hydrogens is 391 g/mol. The number of Topliss-reactive ketones (excluding diaryl/α,β-unsaturated/α-hetero) is 1. The Hall–Kier alpha value is -3.21. The van der Waals surface area contributed by atoms with Crippen LogP contribution in [0.2, 0.25) is 0 Å². The standard InChI is InChI=1S/C26H27FN2O2/c1-17-23(18(2)30)16-25(20-10-12-21(27)13-11-20)29(17)15-14-26(31)28-24-9-5-7-19-6-3-4-8-22(19)24/h3-4,6,8,10-13,16,24H,5,7,9,14-15H2,1-2H3,(H,28,31)/t24-/m0/s1. The van der Waals surface area contributed by atoms with Crippen LogP contribution in [0, 0.1) is 12.7 Å². The van der Waals surface area contributed by atoms with Gasteiger partial charge in [-0.05, 0) is 80.1 Å². The summed E-state index contributed by atoms with van der Waals surface area (Å²) in [5, 5.41) is 3.19. The van der Waals surface area contributed by atoms with Crippen LogP contribution in [0.5, 0.6) is 0 Å². The van der Waals surface area contributed by atoms with E-state index >= 15 is 0 Å². The zero-order chi connectivity index (χ0) is 22.0. The number of aryl methyl sites for hydroxylation is 1. The minimum Gasteiger partial charge on any atom is -0.349 e. The summed E-state index contributed by atoms with van der Waals surface area (Å²) in [7, 11) is 0. The van der Waals surface area contributed by atoms with Gasteiger partial charge in [0.05, 0.1) is 6.04 Å². The predicted molar refractivity (Wildman–Crippen MR) is 119 cm³/mol. The molecule has 2 aromatic carbocycles. The smallest absolute Gasteiger partial charge is 0.222 e. The van der Waals surface area contributed by atoms with E-state index in [2.05, 4.69) is 17.4 Å². The van der Waals surface area contributed by atoms with Gasteiger partial charge in [0.25, 0.3) is 0 Å². The average molecular weight is 419 g/mol. The fourth-order valence-electron chi connectivity index (χ4n) is 4.53. The van der Waals surface area contributed by atoms with Crippen molar-refractivity contribution < 1.29 is 14.0 Å². The normalized spacial score (nSPS) is 15.4. The Kier molecular flexibility index (Phi) is 6.03. The van der Waals surface area contributed by atoms with Gasteiger partial charge in [-0.2, -0.15) is 0 Å². The molecule has 0 unspecified atom stereocenters. The van der Waals surface area contributed by atoms with Crippen molar-refractivity contribution in [2.75, 3.05) is 0 Å². The summed E-state index contributed by atoms with van der Waals surface area (Å²) in [6.07, 6.45) is 3.37. The Morgan fingerprint density at radius 1 is 1.13 bits per heavy atom. The van der Waals surface area contributed by atoms with Crippen molar-refractivity contribution in [2.24, 2.45) is 0 Å². The van der Waals surface area contributed by atoms with Crippen molar-refractivity contribution >= 4 is 11.7 Å². The monoisotopic (exact) mass is 418 g/mol. The topological polar surface area (TPSA) is 51.1 Å². The second-order valence-corrected chi connectivity index (χ2v) is 8.20. The van der Waals surface area contributed by atoms with Gasteiger partial charge in [-0.15, -0.1) is 0 Å². The molecule has 1 aromatic heterocycles. The van der Waals surface area contributed by atoms with E-state index in [0.29, 0.717) is 18.5 Å². The van der Waals surface area contributed by atoms with E-state index in [-0.39, 0.29) is 23.5 Å². The number of fused-ring (bicyclic) bond motifs is 1. The first kappa shape index (κ1) is 21.0. The molecule has 1 aliphatic carbocycles. The molecule has 0 saturated heterocycles. The van der Waals surface area contributed by atoms with Gasteiger partial charge in [-0.25, -0.2) is 4.39 Å². The van der Waals surface area contributed by atoms with Gasteiger partial charge in [-0.1, -0.05) is 24.3 Å². The molecule has 1 N–H and O–H groups in total. The highest BCUT2D eigenvalue weighted by Crippen LogP contribution is 2.30. The second-order valence-electron chi connectivity index (χ2n) is 8.20.